The van der Waals surface area contributed by atoms with Crippen LogP contribution in [0, 0.1) is 5.92 Å². The molecule has 0 aromatic heterocycles. The molecule has 0 bridgehead atoms. The van der Waals surface area contributed by atoms with Crippen LogP contribution in [-0.4, -0.2) is 6.21 Å². The summed E-state index contributed by atoms with van der Waals surface area (Å²) in [6.07, 6.45) is 1.82. The molecule has 0 saturated carbocycles. The van der Waals surface area contributed by atoms with Crippen LogP contribution in [0.3, 0.4) is 0 Å². The van der Waals surface area contributed by atoms with Gasteiger partial charge in [-0.3, -0.25) is 4.99 Å². The van der Waals surface area contributed by atoms with Gasteiger partial charge in [-0.2, -0.15) is 0 Å². The first-order valence-corrected chi connectivity index (χ1v) is 4.36. The van der Waals surface area contributed by atoms with Gasteiger partial charge in [-0.1, -0.05) is 20.4 Å². The first-order chi connectivity index (χ1) is 5.50. The molecular weight excluding hydrogens is 146 g/mol. The van der Waals surface area contributed by atoms with Crippen LogP contribution in [0.25, 0.3) is 0 Å². The SMILES string of the molecule is C=C(C)/C(N=CC)=C(/C)C(C)C. The van der Waals surface area contributed by atoms with Crippen molar-refractivity contribution in [3.8, 4) is 0 Å². The van der Waals surface area contributed by atoms with Gasteiger partial charge in [-0.25, -0.2) is 0 Å². The van der Waals surface area contributed by atoms with Gasteiger partial charge in [0.25, 0.3) is 0 Å². The van der Waals surface area contributed by atoms with Gasteiger partial charge in [0.2, 0.25) is 0 Å². The van der Waals surface area contributed by atoms with E-state index in [1.54, 1.807) is 0 Å². The lowest BCUT2D eigenvalue weighted by molar-refractivity contribution is 0.756. The number of nitrogens with zero attached hydrogens (tertiary/aromatic N) is 1. The van der Waals surface area contributed by atoms with Crippen LogP contribution in [0.5, 0.6) is 0 Å². The van der Waals surface area contributed by atoms with Crippen LogP contribution in [0.4, 0.5) is 0 Å². The number of rotatable bonds is 3. The van der Waals surface area contributed by atoms with Crippen LogP contribution in [-0.2, 0) is 0 Å². The Balaban J connectivity index is 4.93. The summed E-state index contributed by atoms with van der Waals surface area (Å²) in [5, 5.41) is 0. The third-order valence-electron chi connectivity index (χ3n) is 1.90. The number of aliphatic imine (C=N–C) groups is 1. The summed E-state index contributed by atoms with van der Waals surface area (Å²) >= 11 is 0. The summed E-state index contributed by atoms with van der Waals surface area (Å²) in [6.45, 7) is 14.3. The van der Waals surface area contributed by atoms with Crippen molar-refractivity contribution < 1.29 is 0 Å². The van der Waals surface area contributed by atoms with Crippen LogP contribution in [0.15, 0.2) is 28.4 Å². The second-order valence-corrected chi connectivity index (χ2v) is 3.35. The van der Waals surface area contributed by atoms with Crippen LogP contribution in [0.1, 0.15) is 34.6 Å². The monoisotopic (exact) mass is 165 g/mol. The zero-order valence-corrected chi connectivity index (χ0v) is 8.81. The molecule has 0 aliphatic rings. The minimum Gasteiger partial charge on any atom is -0.261 e. The summed E-state index contributed by atoms with van der Waals surface area (Å²) in [5.74, 6) is 0.542. The van der Waals surface area contributed by atoms with E-state index in [1.165, 1.54) is 5.57 Å². The highest BCUT2D eigenvalue weighted by atomic mass is 14.7. The molecule has 0 N–H and O–H groups in total. The molecule has 0 atom stereocenters. The highest BCUT2D eigenvalue weighted by Gasteiger charge is 2.04. The highest BCUT2D eigenvalue weighted by Crippen LogP contribution is 2.20. The van der Waals surface area contributed by atoms with Crippen LogP contribution in [0.2, 0.25) is 0 Å². The fourth-order valence-electron chi connectivity index (χ4n) is 0.951. The molecule has 0 amide bonds. The molecule has 0 fully saturated rings. The maximum absolute atomic E-state index is 4.30. The zero-order chi connectivity index (χ0) is 9.72. The third kappa shape index (κ3) is 3.04. The van der Waals surface area contributed by atoms with Crippen molar-refractivity contribution in [3.63, 3.8) is 0 Å². The maximum Gasteiger partial charge on any atom is 0.0640 e. The molecular formula is C11H19N. The quantitative estimate of drug-likeness (QED) is 0.447. The number of allylic oxidation sites excluding steroid dienone is 2. The Hall–Kier alpha value is -0.850. The van der Waals surface area contributed by atoms with Crippen molar-refractivity contribution in [3.05, 3.63) is 23.4 Å². The summed E-state index contributed by atoms with van der Waals surface area (Å²) in [7, 11) is 0. The third-order valence-corrected chi connectivity index (χ3v) is 1.90. The van der Waals surface area contributed by atoms with Crippen LogP contribution >= 0.6 is 0 Å². The summed E-state index contributed by atoms with van der Waals surface area (Å²) < 4.78 is 0. The second kappa shape index (κ2) is 4.91. The van der Waals surface area contributed by atoms with Gasteiger partial charge in [0.05, 0.1) is 5.70 Å². The van der Waals surface area contributed by atoms with Crippen molar-refractivity contribution in [1.29, 1.82) is 0 Å². The smallest absolute Gasteiger partial charge is 0.0640 e. The molecule has 0 heterocycles. The standard InChI is InChI=1S/C11H19N/c1-7-12-11(9(4)5)10(6)8(2)3/h7-8H,4H2,1-3,5-6H3/b11-10+,12-7?. The number of hydrogen-bond donors (Lipinski definition) is 0. The average molecular weight is 165 g/mol. The molecule has 0 unspecified atom stereocenters. The minimum absolute atomic E-state index is 0.542. The summed E-state index contributed by atoms with van der Waals surface area (Å²) in [5.41, 5.74) is 3.40. The lowest BCUT2D eigenvalue weighted by Gasteiger charge is -2.10. The summed E-state index contributed by atoms with van der Waals surface area (Å²) in [4.78, 5) is 4.30. The van der Waals surface area contributed by atoms with E-state index in [1.807, 2.05) is 20.1 Å². The molecule has 0 aliphatic heterocycles. The molecule has 1 heteroatoms. The van der Waals surface area contributed by atoms with E-state index in [2.05, 4.69) is 32.3 Å². The van der Waals surface area contributed by atoms with E-state index in [4.69, 9.17) is 0 Å². The van der Waals surface area contributed by atoms with E-state index < -0.39 is 0 Å². The van der Waals surface area contributed by atoms with Crippen molar-refractivity contribution in [2.45, 2.75) is 34.6 Å². The largest absolute Gasteiger partial charge is 0.261 e. The molecule has 0 spiro atoms. The number of hydrogen-bond acceptors (Lipinski definition) is 1. The molecule has 0 rings (SSSR count). The predicted molar refractivity (Wildman–Crippen MR) is 56.5 cm³/mol. The lowest BCUT2D eigenvalue weighted by Crippen LogP contribution is -1.95. The Morgan fingerprint density at radius 1 is 1.33 bits per heavy atom. The molecule has 12 heavy (non-hydrogen) atoms. The Kier molecular flexibility index (Phi) is 4.57. The highest BCUT2D eigenvalue weighted by molar-refractivity contribution is 5.57. The predicted octanol–water partition coefficient (Wildman–Crippen LogP) is 3.58. The first kappa shape index (κ1) is 11.2. The van der Waals surface area contributed by atoms with Crippen molar-refractivity contribution in [2.24, 2.45) is 10.9 Å². The Morgan fingerprint density at radius 2 is 1.83 bits per heavy atom. The van der Waals surface area contributed by atoms with Crippen molar-refractivity contribution in [2.75, 3.05) is 0 Å². The molecule has 0 aromatic rings. The van der Waals surface area contributed by atoms with E-state index in [0.29, 0.717) is 5.92 Å². The zero-order valence-electron chi connectivity index (χ0n) is 8.81. The molecule has 1 nitrogen and oxygen atoms in total. The van der Waals surface area contributed by atoms with Crippen molar-refractivity contribution in [1.82, 2.24) is 0 Å². The molecule has 0 saturated heterocycles. The fourth-order valence-corrected chi connectivity index (χ4v) is 0.951. The van der Waals surface area contributed by atoms with E-state index >= 15 is 0 Å². The van der Waals surface area contributed by atoms with E-state index in [-0.39, 0.29) is 0 Å². The van der Waals surface area contributed by atoms with Crippen molar-refractivity contribution >= 4 is 6.21 Å². The minimum atomic E-state index is 0.542. The van der Waals surface area contributed by atoms with Gasteiger partial charge >= 0.3 is 0 Å². The molecule has 0 aliphatic carbocycles. The normalized spacial score (nSPS) is 13.8. The van der Waals surface area contributed by atoms with Crippen LogP contribution < -0.4 is 0 Å². The van der Waals surface area contributed by atoms with Gasteiger partial charge < -0.3 is 0 Å². The van der Waals surface area contributed by atoms with Gasteiger partial charge in [0.15, 0.2) is 0 Å². The van der Waals surface area contributed by atoms with Gasteiger partial charge in [0.1, 0.15) is 0 Å². The summed E-state index contributed by atoms with van der Waals surface area (Å²) in [6, 6.07) is 0. The topological polar surface area (TPSA) is 12.4 Å². The first-order valence-electron chi connectivity index (χ1n) is 4.36. The molecule has 0 radical (unpaired) electrons. The van der Waals surface area contributed by atoms with Gasteiger partial charge in [-0.05, 0) is 37.8 Å². The maximum atomic E-state index is 4.30. The molecule has 68 valence electrons. The average Bonchev–Trinajstić information content (AvgIpc) is 1.98. The Bertz CT molecular complexity index is 219. The van der Waals surface area contributed by atoms with E-state index in [0.717, 1.165) is 11.3 Å². The Labute approximate surface area is 75.9 Å². The molecule has 0 aromatic carbocycles. The second-order valence-electron chi connectivity index (χ2n) is 3.35. The van der Waals surface area contributed by atoms with Gasteiger partial charge in [0, 0.05) is 6.21 Å². The van der Waals surface area contributed by atoms with Gasteiger partial charge in [-0.15, -0.1) is 0 Å². The lowest BCUT2D eigenvalue weighted by atomic mass is 10.0. The fraction of sp³-hybridized carbons (Fsp3) is 0.545. The van der Waals surface area contributed by atoms with E-state index in [9.17, 15) is 0 Å². The Morgan fingerprint density at radius 3 is 2.08 bits per heavy atom.